The number of halogens is 1. The molecule has 1 aromatic carbocycles. The molecule has 0 saturated carbocycles. The van der Waals surface area contributed by atoms with E-state index in [1.807, 2.05) is 6.07 Å². The summed E-state index contributed by atoms with van der Waals surface area (Å²) in [5, 5.41) is 5.10. The number of aliphatic imine (C=N–C) groups is 1. The highest BCUT2D eigenvalue weighted by Crippen LogP contribution is 2.12. The molecule has 0 unspecified atom stereocenters. The van der Waals surface area contributed by atoms with Crippen LogP contribution in [0.15, 0.2) is 34.2 Å². The second-order valence-electron chi connectivity index (χ2n) is 4.91. The Labute approximate surface area is 142 Å². The minimum absolute atomic E-state index is 0. The maximum absolute atomic E-state index is 11.3. The molecule has 1 fully saturated rings. The van der Waals surface area contributed by atoms with Gasteiger partial charge in [-0.2, -0.15) is 0 Å². The molecule has 1 aliphatic rings. The fraction of sp³-hybridized carbons (Fsp3) is 0.462. The number of piperidine rings is 1. The summed E-state index contributed by atoms with van der Waals surface area (Å²) in [5.41, 5.74) is 6.73. The molecular weight excluding hydrogens is 403 g/mol. The van der Waals surface area contributed by atoms with Crippen molar-refractivity contribution in [3.63, 3.8) is 0 Å². The van der Waals surface area contributed by atoms with Gasteiger partial charge in [0.2, 0.25) is 10.0 Å². The molecule has 1 aliphatic heterocycles. The standard InChI is InChI=1S/C13H20N4O2S.HI/c14-13(17-7-2-1-3-8-17)16-10-11-5-4-6-12(9-11)20(15,18)19;/h4-6,9H,1-3,7-8,10H2,(H2,14,16)(H2,15,18,19);1H. The molecule has 0 aliphatic carbocycles. The number of hydrogen-bond donors (Lipinski definition) is 2. The van der Waals surface area contributed by atoms with E-state index in [0.717, 1.165) is 31.5 Å². The van der Waals surface area contributed by atoms with Crippen LogP contribution in [-0.2, 0) is 16.6 Å². The average Bonchev–Trinajstić information content (AvgIpc) is 2.45. The van der Waals surface area contributed by atoms with Gasteiger partial charge in [-0.25, -0.2) is 18.5 Å². The zero-order valence-corrected chi connectivity index (χ0v) is 14.9. The van der Waals surface area contributed by atoms with Gasteiger partial charge in [0, 0.05) is 13.1 Å². The maximum Gasteiger partial charge on any atom is 0.238 e. The van der Waals surface area contributed by atoms with Crippen molar-refractivity contribution in [2.24, 2.45) is 15.9 Å². The number of primary sulfonamides is 1. The number of hydrogen-bond acceptors (Lipinski definition) is 3. The average molecular weight is 424 g/mol. The lowest BCUT2D eigenvalue weighted by molar-refractivity contribution is 0.338. The minimum atomic E-state index is -3.67. The quantitative estimate of drug-likeness (QED) is 0.433. The zero-order chi connectivity index (χ0) is 14.6. The minimum Gasteiger partial charge on any atom is -0.370 e. The summed E-state index contributed by atoms with van der Waals surface area (Å²) in [4.78, 5) is 6.49. The van der Waals surface area contributed by atoms with E-state index >= 15 is 0 Å². The topological polar surface area (TPSA) is 102 Å². The van der Waals surface area contributed by atoms with Crippen LogP contribution in [0.1, 0.15) is 24.8 Å². The molecule has 8 heteroatoms. The molecule has 118 valence electrons. The Hall–Kier alpha value is -0.870. The largest absolute Gasteiger partial charge is 0.370 e. The molecule has 0 atom stereocenters. The second kappa shape index (κ2) is 7.95. The van der Waals surface area contributed by atoms with Gasteiger partial charge in [0.05, 0.1) is 11.4 Å². The van der Waals surface area contributed by atoms with Gasteiger partial charge in [-0.3, -0.25) is 0 Å². The number of rotatable bonds is 3. The third-order valence-corrected chi connectivity index (χ3v) is 4.24. The molecule has 21 heavy (non-hydrogen) atoms. The number of benzene rings is 1. The molecular formula is C13H21IN4O2S. The number of likely N-dealkylation sites (tertiary alicyclic amines) is 1. The highest BCUT2D eigenvalue weighted by molar-refractivity contribution is 14.0. The first-order valence-electron chi connectivity index (χ1n) is 6.63. The summed E-state index contributed by atoms with van der Waals surface area (Å²) in [6.45, 7) is 2.23. The SMILES string of the molecule is I.NC(=NCc1cccc(S(N)(=O)=O)c1)N1CCCCC1. The van der Waals surface area contributed by atoms with E-state index in [-0.39, 0.29) is 28.9 Å². The van der Waals surface area contributed by atoms with Crippen molar-refractivity contribution in [2.75, 3.05) is 13.1 Å². The predicted octanol–water partition coefficient (Wildman–Crippen LogP) is 1.25. The van der Waals surface area contributed by atoms with Crippen molar-refractivity contribution in [1.82, 2.24) is 4.90 Å². The van der Waals surface area contributed by atoms with Crippen molar-refractivity contribution >= 4 is 40.0 Å². The normalized spacial score (nSPS) is 16.4. The van der Waals surface area contributed by atoms with Crippen molar-refractivity contribution in [1.29, 1.82) is 0 Å². The molecule has 0 bridgehead atoms. The van der Waals surface area contributed by atoms with Crippen LogP contribution in [0.2, 0.25) is 0 Å². The van der Waals surface area contributed by atoms with Gasteiger partial charge >= 0.3 is 0 Å². The van der Waals surface area contributed by atoms with Gasteiger partial charge in [-0.1, -0.05) is 12.1 Å². The van der Waals surface area contributed by atoms with E-state index < -0.39 is 10.0 Å². The molecule has 1 saturated heterocycles. The molecule has 4 N–H and O–H groups in total. The second-order valence-corrected chi connectivity index (χ2v) is 6.48. The molecule has 2 rings (SSSR count). The van der Waals surface area contributed by atoms with Gasteiger partial charge < -0.3 is 10.6 Å². The first-order valence-corrected chi connectivity index (χ1v) is 8.18. The monoisotopic (exact) mass is 424 g/mol. The number of guanidine groups is 1. The number of sulfonamides is 1. The number of nitrogens with two attached hydrogens (primary N) is 2. The van der Waals surface area contributed by atoms with Crippen LogP contribution in [-0.4, -0.2) is 32.4 Å². The fourth-order valence-electron chi connectivity index (χ4n) is 2.22. The van der Waals surface area contributed by atoms with E-state index in [1.54, 1.807) is 6.07 Å². The lowest BCUT2D eigenvalue weighted by atomic mass is 10.1. The van der Waals surface area contributed by atoms with Crippen LogP contribution in [0, 0.1) is 0 Å². The van der Waals surface area contributed by atoms with E-state index in [0.29, 0.717) is 12.5 Å². The van der Waals surface area contributed by atoms with Crippen molar-refractivity contribution in [3.05, 3.63) is 29.8 Å². The van der Waals surface area contributed by atoms with Gasteiger partial charge in [0.1, 0.15) is 0 Å². The third kappa shape index (κ3) is 5.44. The van der Waals surface area contributed by atoms with Crippen molar-refractivity contribution in [2.45, 2.75) is 30.7 Å². The summed E-state index contributed by atoms with van der Waals surface area (Å²) in [7, 11) is -3.67. The molecule has 6 nitrogen and oxygen atoms in total. The Kier molecular flexibility index (Phi) is 6.88. The first kappa shape index (κ1) is 18.2. The van der Waals surface area contributed by atoms with Crippen LogP contribution < -0.4 is 10.9 Å². The van der Waals surface area contributed by atoms with E-state index in [1.165, 1.54) is 18.6 Å². The van der Waals surface area contributed by atoms with Crippen LogP contribution in [0.25, 0.3) is 0 Å². The highest BCUT2D eigenvalue weighted by Gasteiger charge is 2.12. The zero-order valence-electron chi connectivity index (χ0n) is 11.7. The molecule has 0 aromatic heterocycles. The smallest absolute Gasteiger partial charge is 0.238 e. The Bertz CT molecular complexity index is 598. The predicted molar refractivity (Wildman–Crippen MR) is 94.0 cm³/mol. The Morgan fingerprint density at radius 3 is 2.52 bits per heavy atom. The van der Waals surface area contributed by atoms with Crippen molar-refractivity contribution in [3.8, 4) is 0 Å². The van der Waals surface area contributed by atoms with Gasteiger partial charge in [-0.15, -0.1) is 24.0 Å². The summed E-state index contributed by atoms with van der Waals surface area (Å²) >= 11 is 0. The molecule has 0 radical (unpaired) electrons. The Morgan fingerprint density at radius 1 is 1.24 bits per heavy atom. The van der Waals surface area contributed by atoms with E-state index in [2.05, 4.69) is 9.89 Å². The first-order chi connectivity index (χ1) is 9.47. The molecule has 0 amide bonds. The third-order valence-electron chi connectivity index (χ3n) is 3.33. The molecule has 1 heterocycles. The van der Waals surface area contributed by atoms with Crippen LogP contribution in [0.4, 0.5) is 0 Å². The van der Waals surface area contributed by atoms with Gasteiger partial charge in [0.25, 0.3) is 0 Å². The number of nitrogens with zero attached hydrogens (tertiary/aromatic N) is 2. The Morgan fingerprint density at radius 2 is 1.90 bits per heavy atom. The van der Waals surface area contributed by atoms with Gasteiger partial charge in [0.15, 0.2) is 5.96 Å². The van der Waals surface area contributed by atoms with Crippen LogP contribution >= 0.6 is 24.0 Å². The van der Waals surface area contributed by atoms with Crippen LogP contribution in [0.5, 0.6) is 0 Å². The lowest BCUT2D eigenvalue weighted by Crippen LogP contribution is -2.40. The van der Waals surface area contributed by atoms with E-state index in [9.17, 15) is 8.42 Å². The summed E-state index contributed by atoms with van der Waals surface area (Å²) in [6, 6.07) is 6.46. The molecule has 1 aromatic rings. The maximum atomic E-state index is 11.3. The molecule has 0 spiro atoms. The van der Waals surface area contributed by atoms with Crippen molar-refractivity contribution < 1.29 is 8.42 Å². The summed E-state index contributed by atoms with van der Waals surface area (Å²) in [6.07, 6.45) is 3.51. The van der Waals surface area contributed by atoms with Gasteiger partial charge in [-0.05, 0) is 37.0 Å². The summed E-state index contributed by atoms with van der Waals surface area (Å²) < 4.78 is 22.6. The van der Waals surface area contributed by atoms with Crippen LogP contribution in [0.3, 0.4) is 0 Å². The van der Waals surface area contributed by atoms with E-state index in [4.69, 9.17) is 10.9 Å². The lowest BCUT2D eigenvalue weighted by Gasteiger charge is -2.27. The fourth-order valence-corrected chi connectivity index (χ4v) is 2.80. The highest BCUT2D eigenvalue weighted by atomic mass is 127. The summed E-state index contributed by atoms with van der Waals surface area (Å²) in [5.74, 6) is 0.519. The Balaban J connectivity index is 0.00000220.